The van der Waals surface area contributed by atoms with Crippen molar-refractivity contribution in [3.8, 4) is 0 Å². The highest BCUT2D eigenvalue weighted by Gasteiger charge is 2.20. The average Bonchev–Trinajstić information content (AvgIpc) is 2.88. The van der Waals surface area contributed by atoms with Crippen LogP contribution in [0.5, 0.6) is 0 Å². The lowest BCUT2D eigenvalue weighted by molar-refractivity contribution is 0.899. The van der Waals surface area contributed by atoms with Crippen molar-refractivity contribution in [3.63, 3.8) is 0 Å². The molecule has 0 unspecified atom stereocenters. The zero-order chi connectivity index (χ0) is 13.0. The van der Waals surface area contributed by atoms with E-state index in [1.165, 1.54) is 41.4 Å². The van der Waals surface area contributed by atoms with Crippen LogP contribution in [0.25, 0.3) is 10.9 Å². The van der Waals surface area contributed by atoms with E-state index < -0.39 is 0 Å². The summed E-state index contributed by atoms with van der Waals surface area (Å²) in [5, 5.41) is 1.34. The largest absolute Gasteiger partial charge is 0.356 e. The van der Waals surface area contributed by atoms with Crippen LogP contribution < -0.4 is 0 Å². The first-order chi connectivity index (χ1) is 9.22. The van der Waals surface area contributed by atoms with Gasteiger partial charge in [0.05, 0.1) is 11.2 Å². The summed E-state index contributed by atoms with van der Waals surface area (Å²) in [5.74, 6) is 0. The van der Waals surface area contributed by atoms with E-state index in [4.69, 9.17) is 9.98 Å². The first-order valence-electron chi connectivity index (χ1n) is 6.97. The van der Waals surface area contributed by atoms with Gasteiger partial charge >= 0.3 is 0 Å². The van der Waals surface area contributed by atoms with Gasteiger partial charge in [-0.05, 0) is 44.7 Å². The molecular formula is C16H17N3. The Balaban J connectivity index is 2.07. The summed E-state index contributed by atoms with van der Waals surface area (Å²) in [4.78, 5) is 13.1. The van der Waals surface area contributed by atoms with Crippen molar-refractivity contribution in [2.75, 3.05) is 0 Å². The number of aromatic amines is 1. The molecule has 1 aromatic carbocycles. The minimum atomic E-state index is 0.872. The van der Waals surface area contributed by atoms with Crippen molar-refractivity contribution in [1.29, 1.82) is 0 Å². The summed E-state index contributed by atoms with van der Waals surface area (Å²) >= 11 is 0. The standard InChI is InChI=1S/C16H17N3/c1-9-8-10(2)18-16-14(17-9)7-6-12-11-4-3-5-13(11)19-15(12)16/h6-7,19H,3-5,8H2,1-2H3. The van der Waals surface area contributed by atoms with Crippen LogP contribution in [-0.4, -0.2) is 16.4 Å². The van der Waals surface area contributed by atoms with Gasteiger partial charge in [0, 0.05) is 28.9 Å². The number of aryl methyl sites for hydroxylation is 2. The molecule has 0 bridgehead atoms. The van der Waals surface area contributed by atoms with Crippen molar-refractivity contribution in [2.45, 2.75) is 39.5 Å². The number of rotatable bonds is 0. The van der Waals surface area contributed by atoms with Crippen LogP contribution in [0.3, 0.4) is 0 Å². The Labute approximate surface area is 112 Å². The second-order valence-corrected chi connectivity index (χ2v) is 5.66. The Kier molecular flexibility index (Phi) is 2.19. The molecule has 0 saturated carbocycles. The number of hydrogen-bond donors (Lipinski definition) is 1. The van der Waals surface area contributed by atoms with Gasteiger partial charge in [-0.25, -0.2) is 0 Å². The summed E-state index contributed by atoms with van der Waals surface area (Å²) in [5.41, 5.74) is 8.39. The Morgan fingerprint density at radius 1 is 1.05 bits per heavy atom. The number of aliphatic imine (C=N–C) groups is 2. The fourth-order valence-corrected chi connectivity index (χ4v) is 3.34. The zero-order valence-electron chi connectivity index (χ0n) is 11.4. The normalized spacial score (nSPS) is 17.8. The summed E-state index contributed by atoms with van der Waals surface area (Å²) in [6, 6.07) is 4.33. The van der Waals surface area contributed by atoms with Crippen LogP contribution in [-0.2, 0) is 12.8 Å². The zero-order valence-corrected chi connectivity index (χ0v) is 11.4. The Morgan fingerprint density at radius 2 is 1.89 bits per heavy atom. The summed E-state index contributed by atoms with van der Waals surface area (Å²) in [7, 11) is 0. The molecule has 1 N–H and O–H groups in total. The molecule has 0 radical (unpaired) electrons. The lowest BCUT2D eigenvalue weighted by Crippen LogP contribution is -1.97. The molecule has 19 heavy (non-hydrogen) atoms. The molecule has 96 valence electrons. The van der Waals surface area contributed by atoms with E-state index in [1.54, 1.807) is 0 Å². The number of nitrogens with one attached hydrogen (secondary N) is 1. The van der Waals surface area contributed by atoms with Crippen molar-refractivity contribution < 1.29 is 0 Å². The van der Waals surface area contributed by atoms with E-state index in [-0.39, 0.29) is 0 Å². The fraction of sp³-hybridized carbons (Fsp3) is 0.375. The molecule has 4 rings (SSSR count). The van der Waals surface area contributed by atoms with Gasteiger partial charge in [-0.2, -0.15) is 0 Å². The number of nitrogens with zero attached hydrogens (tertiary/aromatic N) is 2. The minimum absolute atomic E-state index is 0.872. The number of hydrogen-bond acceptors (Lipinski definition) is 2. The van der Waals surface area contributed by atoms with Gasteiger partial charge in [0.15, 0.2) is 0 Å². The van der Waals surface area contributed by atoms with E-state index in [0.717, 1.165) is 29.2 Å². The SMILES string of the molecule is CC1=Nc2ccc3c4c([nH]c3c2N=C(C)C1)CCC4. The molecule has 2 heterocycles. The maximum atomic E-state index is 4.80. The highest BCUT2D eigenvalue weighted by Crippen LogP contribution is 2.41. The van der Waals surface area contributed by atoms with Gasteiger partial charge in [0.1, 0.15) is 5.69 Å². The van der Waals surface area contributed by atoms with Gasteiger partial charge < -0.3 is 4.98 Å². The van der Waals surface area contributed by atoms with Gasteiger partial charge in [0.2, 0.25) is 0 Å². The second-order valence-electron chi connectivity index (χ2n) is 5.66. The average molecular weight is 251 g/mol. The molecule has 2 aromatic rings. The van der Waals surface area contributed by atoms with Crippen molar-refractivity contribution in [1.82, 2.24) is 4.98 Å². The number of H-pyrrole nitrogens is 1. The molecule has 0 fully saturated rings. The van der Waals surface area contributed by atoms with E-state index in [1.807, 2.05) is 0 Å². The molecule has 0 spiro atoms. The van der Waals surface area contributed by atoms with Crippen molar-refractivity contribution in [2.24, 2.45) is 9.98 Å². The molecular weight excluding hydrogens is 234 g/mol. The lowest BCUT2D eigenvalue weighted by Gasteiger charge is -2.03. The molecule has 1 aromatic heterocycles. The highest BCUT2D eigenvalue weighted by molar-refractivity contribution is 6.10. The molecule has 3 nitrogen and oxygen atoms in total. The molecule has 1 aliphatic heterocycles. The molecule has 0 atom stereocenters. The van der Waals surface area contributed by atoms with Crippen molar-refractivity contribution >= 4 is 33.7 Å². The first-order valence-corrected chi connectivity index (χ1v) is 6.97. The molecule has 0 saturated heterocycles. The summed E-state index contributed by atoms with van der Waals surface area (Å²) < 4.78 is 0. The van der Waals surface area contributed by atoms with E-state index >= 15 is 0 Å². The quantitative estimate of drug-likeness (QED) is 0.727. The number of aromatic nitrogens is 1. The molecule has 2 aliphatic rings. The van der Waals surface area contributed by atoms with Crippen LogP contribution in [0.4, 0.5) is 11.4 Å². The van der Waals surface area contributed by atoms with Crippen LogP contribution in [0.1, 0.15) is 37.9 Å². The maximum absolute atomic E-state index is 4.80. The Hall–Kier alpha value is -1.90. The maximum Gasteiger partial charge on any atom is 0.113 e. The van der Waals surface area contributed by atoms with Gasteiger partial charge in [-0.3, -0.25) is 9.98 Å². The lowest BCUT2D eigenvalue weighted by atomic mass is 10.1. The smallest absolute Gasteiger partial charge is 0.113 e. The minimum Gasteiger partial charge on any atom is -0.356 e. The predicted octanol–water partition coefficient (Wildman–Crippen LogP) is 4.25. The van der Waals surface area contributed by atoms with Gasteiger partial charge in [0.25, 0.3) is 0 Å². The predicted molar refractivity (Wildman–Crippen MR) is 80.5 cm³/mol. The summed E-state index contributed by atoms with van der Waals surface area (Å²) in [6.07, 6.45) is 4.51. The van der Waals surface area contributed by atoms with Crippen molar-refractivity contribution in [3.05, 3.63) is 23.4 Å². The third kappa shape index (κ3) is 1.57. The van der Waals surface area contributed by atoms with Crippen LogP contribution in [0.2, 0.25) is 0 Å². The summed E-state index contributed by atoms with van der Waals surface area (Å²) in [6.45, 7) is 4.16. The topological polar surface area (TPSA) is 40.5 Å². The Bertz CT molecular complexity index is 747. The molecule has 0 amide bonds. The van der Waals surface area contributed by atoms with E-state index in [0.29, 0.717) is 0 Å². The van der Waals surface area contributed by atoms with Crippen LogP contribution >= 0.6 is 0 Å². The van der Waals surface area contributed by atoms with Gasteiger partial charge in [-0.15, -0.1) is 0 Å². The fourth-order valence-electron chi connectivity index (χ4n) is 3.34. The molecule has 3 heteroatoms. The monoisotopic (exact) mass is 251 g/mol. The highest BCUT2D eigenvalue weighted by atomic mass is 14.9. The van der Waals surface area contributed by atoms with E-state index in [9.17, 15) is 0 Å². The number of benzene rings is 1. The van der Waals surface area contributed by atoms with E-state index in [2.05, 4.69) is 31.0 Å². The first kappa shape index (κ1) is 11.0. The van der Waals surface area contributed by atoms with Crippen LogP contribution in [0, 0.1) is 0 Å². The van der Waals surface area contributed by atoms with Crippen LogP contribution in [0.15, 0.2) is 22.1 Å². The van der Waals surface area contributed by atoms with Gasteiger partial charge in [-0.1, -0.05) is 6.07 Å². The second kappa shape index (κ2) is 3.80. The number of fused-ring (bicyclic) bond motifs is 5. The third-order valence-corrected chi connectivity index (χ3v) is 4.10. The molecule has 1 aliphatic carbocycles. The third-order valence-electron chi connectivity index (χ3n) is 4.10. The Morgan fingerprint density at radius 3 is 2.79 bits per heavy atom.